The second-order valence-electron chi connectivity index (χ2n) is 6.97. The molecule has 33 heavy (non-hydrogen) atoms. The Morgan fingerprint density at radius 2 is 1.79 bits per heavy atom. The second kappa shape index (κ2) is 10.4. The van der Waals surface area contributed by atoms with Crippen LogP contribution in [0, 0.1) is 0 Å². The minimum atomic E-state index is -0.283. The van der Waals surface area contributed by atoms with Crippen LogP contribution in [0.3, 0.4) is 0 Å². The van der Waals surface area contributed by atoms with E-state index in [1.54, 1.807) is 43.9 Å². The van der Waals surface area contributed by atoms with Gasteiger partial charge in [0.1, 0.15) is 23.1 Å². The van der Waals surface area contributed by atoms with Gasteiger partial charge in [-0.3, -0.25) is 4.79 Å². The van der Waals surface area contributed by atoms with Crippen molar-refractivity contribution < 1.29 is 19.0 Å². The molecule has 0 aliphatic carbocycles. The fraction of sp³-hybridized carbons (Fsp3) is 0.120. The van der Waals surface area contributed by atoms with E-state index < -0.39 is 0 Å². The van der Waals surface area contributed by atoms with Crippen LogP contribution < -0.4 is 19.5 Å². The molecule has 0 atom stereocenters. The lowest BCUT2D eigenvalue weighted by molar-refractivity contribution is 0.102. The molecule has 0 unspecified atom stereocenters. The number of carbonyl (C=O) groups excluding carboxylic acids is 1. The third kappa shape index (κ3) is 5.45. The van der Waals surface area contributed by atoms with E-state index in [0.29, 0.717) is 39.5 Å². The molecule has 1 amide bonds. The Kier molecular flexibility index (Phi) is 7.12. The minimum Gasteiger partial charge on any atom is -0.497 e. The van der Waals surface area contributed by atoms with Crippen LogP contribution in [0.2, 0.25) is 5.02 Å². The average molecular weight is 481 g/mol. The molecule has 0 aliphatic heterocycles. The van der Waals surface area contributed by atoms with Crippen LogP contribution in [-0.4, -0.2) is 25.1 Å². The van der Waals surface area contributed by atoms with Crippen molar-refractivity contribution >= 4 is 34.5 Å². The first kappa shape index (κ1) is 22.6. The van der Waals surface area contributed by atoms with Crippen molar-refractivity contribution in [2.45, 2.75) is 6.61 Å². The summed E-state index contributed by atoms with van der Waals surface area (Å²) in [5.74, 6) is 1.60. The Hall–Kier alpha value is -3.55. The summed E-state index contributed by atoms with van der Waals surface area (Å²) in [5.41, 5.74) is 2.71. The minimum absolute atomic E-state index is 0.283. The van der Waals surface area contributed by atoms with Gasteiger partial charge in [0.15, 0.2) is 11.5 Å². The lowest BCUT2D eigenvalue weighted by Gasteiger charge is -2.12. The Morgan fingerprint density at radius 3 is 2.52 bits per heavy atom. The number of halogens is 1. The molecule has 0 fully saturated rings. The number of anilines is 1. The Morgan fingerprint density at radius 1 is 1.00 bits per heavy atom. The second-order valence-corrected chi connectivity index (χ2v) is 8.23. The van der Waals surface area contributed by atoms with Gasteiger partial charge < -0.3 is 19.5 Å². The van der Waals surface area contributed by atoms with E-state index in [-0.39, 0.29) is 5.91 Å². The summed E-state index contributed by atoms with van der Waals surface area (Å²) in [5, 5.41) is 5.91. The summed E-state index contributed by atoms with van der Waals surface area (Å²) in [7, 11) is 3.17. The number of rotatable bonds is 8. The third-order valence-electron chi connectivity index (χ3n) is 4.84. The zero-order chi connectivity index (χ0) is 23.2. The van der Waals surface area contributed by atoms with Crippen molar-refractivity contribution in [1.82, 2.24) is 4.98 Å². The number of nitrogens with zero attached hydrogens (tertiary/aromatic N) is 1. The number of benzene rings is 3. The van der Waals surface area contributed by atoms with Crippen molar-refractivity contribution in [2.75, 3.05) is 19.5 Å². The van der Waals surface area contributed by atoms with E-state index in [4.69, 9.17) is 25.8 Å². The summed E-state index contributed by atoms with van der Waals surface area (Å²) < 4.78 is 16.6. The molecular formula is C25H21ClN2O4S. The zero-order valence-electron chi connectivity index (χ0n) is 18.0. The molecule has 0 spiro atoms. The molecule has 0 radical (unpaired) electrons. The fourth-order valence-corrected chi connectivity index (χ4v) is 4.06. The highest BCUT2D eigenvalue weighted by Gasteiger charge is 2.15. The van der Waals surface area contributed by atoms with Gasteiger partial charge in [0.05, 0.1) is 14.2 Å². The van der Waals surface area contributed by atoms with Crippen molar-refractivity contribution in [3.8, 4) is 27.8 Å². The first-order valence-electron chi connectivity index (χ1n) is 10.0. The van der Waals surface area contributed by atoms with Gasteiger partial charge in [-0.2, -0.15) is 0 Å². The maximum Gasteiger partial charge on any atom is 0.275 e. The number of nitrogens with one attached hydrogen (secondary N) is 1. The van der Waals surface area contributed by atoms with E-state index in [2.05, 4.69) is 10.3 Å². The third-order valence-corrected chi connectivity index (χ3v) is 6.10. The molecule has 3 aromatic carbocycles. The molecule has 1 N–H and O–H groups in total. The SMILES string of the molecule is COc1ccc(NC(=O)c2csc(-c3ccc(OCc4ccccc4Cl)c(OC)c3)n2)cc1. The maximum absolute atomic E-state index is 12.6. The van der Waals surface area contributed by atoms with Crippen LogP contribution in [-0.2, 0) is 6.61 Å². The van der Waals surface area contributed by atoms with E-state index in [9.17, 15) is 4.79 Å². The van der Waals surface area contributed by atoms with Crippen molar-refractivity contribution in [3.05, 3.63) is 88.4 Å². The zero-order valence-corrected chi connectivity index (χ0v) is 19.6. The van der Waals surface area contributed by atoms with Gasteiger partial charge in [-0.25, -0.2) is 4.98 Å². The highest BCUT2D eigenvalue weighted by molar-refractivity contribution is 7.13. The van der Waals surface area contributed by atoms with Crippen LogP contribution in [0.15, 0.2) is 72.1 Å². The van der Waals surface area contributed by atoms with Gasteiger partial charge >= 0.3 is 0 Å². The van der Waals surface area contributed by atoms with Gasteiger partial charge in [0.25, 0.3) is 5.91 Å². The lowest BCUT2D eigenvalue weighted by atomic mass is 10.2. The Labute approximate surface area is 200 Å². The topological polar surface area (TPSA) is 69.7 Å². The number of amides is 1. The first-order chi connectivity index (χ1) is 16.1. The number of methoxy groups -OCH3 is 2. The van der Waals surface area contributed by atoms with Crippen LogP contribution in [0.25, 0.3) is 10.6 Å². The van der Waals surface area contributed by atoms with Gasteiger partial charge in [-0.15, -0.1) is 11.3 Å². The van der Waals surface area contributed by atoms with Crippen molar-refractivity contribution in [1.29, 1.82) is 0 Å². The molecule has 1 aromatic heterocycles. The molecule has 0 bridgehead atoms. The van der Waals surface area contributed by atoms with Gasteiger partial charge in [0.2, 0.25) is 0 Å². The molecule has 8 heteroatoms. The highest BCUT2D eigenvalue weighted by Crippen LogP contribution is 2.34. The monoisotopic (exact) mass is 480 g/mol. The number of aromatic nitrogens is 1. The molecule has 0 aliphatic rings. The van der Waals surface area contributed by atoms with Crippen LogP contribution in [0.1, 0.15) is 16.1 Å². The highest BCUT2D eigenvalue weighted by atomic mass is 35.5. The summed E-state index contributed by atoms with van der Waals surface area (Å²) in [4.78, 5) is 17.1. The number of hydrogen-bond donors (Lipinski definition) is 1. The fourth-order valence-electron chi connectivity index (χ4n) is 3.07. The quantitative estimate of drug-likeness (QED) is 0.320. The maximum atomic E-state index is 12.6. The molecule has 4 rings (SSSR count). The normalized spacial score (nSPS) is 10.5. The van der Waals surface area contributed by atoms with Crippen LogP contribution in [0.5, 0.6) is 17.2 Å². The summed E-state index contributed by atoms with van der Waals surface area (Å²) >= 11 is 7.58. The van der Waals surface area contributed by atoms with Crippen molar-refractivity contribution in [2.24, 2.45) is 0 Å². The molecule has 0 saturated heterocycles. The number of ether oxygens (including phenoxy) is 3. The van der Waals surface area contributed by atoms with Crippen LogP contribution >= 0.6 is 22.9 Å². The Balaban J connectivity index is 1.46. The molecule has 1 heterocycles. The number of hydrogen-bond acceptors (Lipinski definition) is 6. The molecule has 168 valence electrons. The molecule has 0 saturated carbocycles. The average Bonchev–Trinajstić information content (AvgIpc) is 3.34. The largest absolute Gasteiger partial charge is 0.497 e. The van der Waals surface area contributed by atoms with E-state index >= 15 is 0 Å². The smallest absolute Gasteiger partial charge is 0.275 e. The van der Waals surface area contributed by atoms with E-state index in [0.717, 1.165) is 16.9 Å². The summed E-state index contributed by atoms with van der Waals surface area (Å²) in [6.45, 7) is 0.322. The van der Waals surface area contributed by atoms with Gasteiger partial charge in [-0.05, 0) is 48.5 Å². The van der Waals surface area contributed by atoms with E-state index in [1.807, 2.05) is 42.5 Å². The first-order valence-corrected chi connectivity index (χ1v) is 11.3. The summed E-state index contributed by atoms with van der Waals surface area (Å²) in [6, 6.07) is 20.2. The van der Waals surface area contributed by atoms with Crippen molar-refractivity contribution in [3.63, 3.8) is 0 Å². The predicted octanol–water partition coefficient (Wildman–Crippen LogP) is 6.31. The predicted molar refractivity (Wildman–Crippen MR) is 131 cm³/mol. The molecular weight excluding hydrogens is 460 g/mol. The molecule has 4 aromatic rings. The molecule has 6 nitrogen and oxygen atoms in total. The number of thiazole rings is 1. The summed E-state index contributed by atoms with van der Waals surface area (Å²) in [6.07, 6.45) is 0. The lowest BCUT2D eigenvalue weighted by Crippen LogP contribution is -2.12. The standard InChI is InChI=1S/C25H21ClN2O4S/c1-30-19-10-8-18(9-11-19)27-24(29)21-15-33-25(28-21)16-7-12-22(23(13-16)31-2)32-14-17-5-3-4-6-20(17)26/h3-13,15H,14H2,1-2H3,(H,27,29). The van der Waals surface area contributed by atoms with Gasteiger partial charge in [0, 0.05) is 27.2 Å². The van der Waals surface area contributed by atoms with E-state index in [1.165, 1.54) is 11.3 Å². The number of carbonyl (C=O) groups is 1. The van der Waals surface area contributed by atoms with Gasteiger partial charge in [-0.1, -0.05) is 29.8 Å². The van der Waals surface area contributed by atoms with Crippen LogP contribution in [0.4, 0.5) is 5.69 Å². The Bertz CT molecular complexity index is 1260.